The number of hydrogen-bond acceptors (Lipinski definition) is 3. The number of aromatic nitrogens is 2. The fourth-order valence-electron chi connectivity index (χ4n) is 1.90. The van der Waals surface area contributed by atoms with Crippen LogP contribution in [0.2, 0.25) is 0 Å². The number of aryl methyl sites for hydroxylation is 1. The number of ether oxygens (including phenoxy) is 1. The Bertz CT molecular complexity index is 573. The molecule has 1 heterocycles. The summed E-state index contributed by atoms with van der Waals surface area (Å²) in [4.78, 5) is 4.45. The van der Waals surface area contributed by atoms with Crippen LogP contribution in [0.1, 0.15) is 16.8 Å². The van der Waals surface area contributed by atoms with Crippen LogP contribution in [0.5, 0.6) is 5.75 Å². The van der Waals surface area contributed by atoms with E-state index in [2.05, 4.69) is 16.2 Å². The monoisotopic (exact) mass is 257 g/mol. The van der Waals surface area contributed by atoms with E-state index < -0.39 is 0 Å². The second kappa shape index (κ2) is 6.18. The molecule has 1 aromatic heterocycles. The molecule has 0 unspecified atom stereocenters. The minimum atomic E-state index is 0.745. The Kier molecular flexibility index (Phi) is 4.34. The molecular formula is C15H19N3O. The molecule has 0 amide bonds. The standard InChI is InChI=1S/C15H19N3O/c1-12-14(11-17-18(12)2)10-16-9-8-13-6-4-5-7-15(13)19-3/h4-7,10-11H,8-9H2,1-3H3. The van der Waals surface area contributed by atoms with Gasteiger partial charge in [0.05, 0.1) is 13.3 Å². The summed E-state index contributed by atoms with van der Waals surface area (Å²) >= 11 is 0. The summed E-state index contributed by atoms with van der Waals surface area (Å²) in [6, 6.07) is 8.05. The van der Waals surface area contributed by atoms with Crippen molar-refractivity contribution in [3.8, 4) is 5.75 Å². The predicted octanol–water partition coefficient (Wildman–Crippen LogP) is 2.40. The highest BCUT2D eigenvalue weighted by molar-refractivity contribution is 5.80. The van der Waals surface area contributed by atoms with Crippen LogP contribution in [0.4, 0.5) is 0 Å². The van der Waals surface area contributed by atoms with Crippen LogP contribution in [0.3, 0.4) is 0 Å². The summed E-state index contributed by atoms with van der Waals surface area (Å²) in [6.07, 6.45) is 4.60. The van der Waals surface area contributed by atoms with Crippen molar-refractivity contribution in [2.24, 2.45) is 12.0 Å². The number of nitrogens with zero attached hydrogens (tertiary/aromatic N) is 3. The molecule has 19 heavy (non-hydrogen) atoms. The first-order valence-electron chi connectivity index (χ1n) is 6.32. The Morgan fingerprint density at radius 2 is 2.16 bits per heavy atom. The fourth-order valence-corrected chi connectivity index (χ4v) is 1.90. The van der Waals surface area contributed by atoms with E-state index in [-0.39, 0.29) is 0 Å². The molecule has 0 radical (unpaired) electrons. The van der Waals surface area contributed by atoms with Gasteiger partial charge < -0.3 is 4.74 Å². The predicted molar refractivity (Wildman–Crippen MR) is 77.1 cm³/mol. The molecule has 2 aromatic rings. The summed E-state index contributed by atoms with van der Waals surface area (Å²) in [5.41, 5.74) is 3.38. The molecule has 0 saturated carbocycles. The minimum Gasteiger partial charge on any atom is -0.496 e. The van der Waals surface area contributed by atoms with Crippen LogP contribution in [-0.4, -0.2) is 29.6 Å². The van der Waals surface area contributed by atoms with E-state index in [9.17, 15) is 0 Å². The Labute approximate surface area is 113 Å². The van der Waals surface area contributed by atoms with Gasteiger partial charge in [-0.3, -0.25) is 9.67 Å². The summed E-state index contributed by atoms with van der Waals surface area (Å²) in [7, 11) is 3.63. The van der Waals surface area contributed by atoms with E-state index in [4.69, 9.17) is 4.74 Å². The van der Waals surface area contributed by atoms with Gasteiger partial charge in [0.2, 0.25) is 0 Å². The lowest BCUT2D eigenvalue weighted by atomic mass is 10.1. The molecule has 0 aliphatic carbocycles. The van der Waals surface area contributed by atoms with Crippen LogP contribution in [-0.2, 0) is 13.5 Å². The lowest BCUT2D eigenvalue weighted by Gasteiger charge is -2.05. The third-order valence-electron chi connectivity index (χ3n) is 3.21. The lowest BCUT2D eigenvalue weighted by molar-refractivity contribution is 0.410. The zero-order chi connectivity index (χ0) is 13.7. The Morgan fingerprint density at radius 3 is 2.84 bits per heavy atom. The van der Waals surface area contributed by atoms with Gasteiger partial charge in [-0.1, -0.05) is 18.2 Å². The Balaban J connectivity index is 1.95. The molecule has 0 aliphatic rings. The summed E-state index contributed by atoms with van der Waals surface area (Å²) in [6.45, 7) is 2.78. The molecular weight excluding hydrogens is 238 g/mol. The Hall–Kier alpha value is -2.10. The topological polar surface area (TPSA) is 39.4 Å². The summed E-state index contributed by atoms with van der Waals surface area (Å²) in [5.74, 6) is 0.926. The van der Waals surface area contributed by atoms with E-state index in [0.29, 0.717) is 0 Å². The number of aliphatic imine (C=N–C) groups is 1. The van der Waals surface area contributed by atoms with Crippen molar-refractivity contribution in [3.63, 3.8) is 0 Å². The van der Waals surface area contributed by atoms with Crippen molar-refractivity contribution < 1.29 is 4.74 Å². The number of methoxy groups -OCH3 is 1. The average Bonchev–Trinajstić information content (AvgIpc) is 2.76. The highest BCUT2D eigenvalue weighted by Crippen LogP contribution is 2.17. The summed E-state index contributed by atoms with van der Waals surface area (Å²) < 4.78 is 7.17. The largest absolute Gasteiger partial charge is 0.496 e. The van der Waals surface area contributed by atoms with Gasteiger partial charge in [0.1, 0.15) is 5.75 Å². The van der Waals surface area contributed by atoms with Gasteiger partial charge in [-0.05, 0) is 25.0 Å². The van der Waals surface area contributed by atoms with Gasteiger partial charge in [-0.15, -0.1) is 0 Å². The number of para-hydroxylation sites is 1. The van der Waals surface area contributed by atoms with E-state index in [1.165, 1.54) is 5.56 Å². The molecule has 0 saturated heterocycles. The van der Waals surface area contributed by atoms with Crippen molar-refractivity contribution in [1.29, 1.82) is 0 Å². The van der Waals surface area contributed by atoms with E-state index in [1.807, 2.05) is 49.3 Å². The molecule has 4 nitrogen and oxygen atoms in total. The van der Waals surface area contributed by atoms with Crippen LogP contribution < -0.4 is 4.74 Å². The second-order valence-corrected chi connectivity index (χ2v) is 4.41. The van der Waals surface area contributed by atoms with Gasteiger partial charge in [0.25, 0.3) is 0 Å². The van der Waals surface area contributed by atoms with Crippen LogP contribution in [0.15, 0.2) is 35.5 Å². The fraction of sp³-hybridized carbons (Fsp3) is 0.333. The van der Waals surface area contributed by atoms with Crippen molar-refractivity contribution in [1.82, 2.24) is 9.78 Å². The van der Waals surface area contributed by atoms with Gasteiger partial charge in [-0.2, -0.15) is 5.10 Å². The third kappa shape index (κ3) is 3.22. The molecule has 2 rings (SSSR count). The second-order valence-electron chi connectivity index (χ2n) is 4.41. The zero-order valence-corrected chi connectivity index (χ0v) is 11.6. The number of hydrogen-bond donors (Lipinski definition) is 0. The zero-order valence-electron chi connectivity index (χ0n) is 11.6. The molecule has 4 heteroatoms. The molecule has 100 valence electrons. The first-order valence-corrected chi connectivity index (χ1v) is 6.32. The first kappa shape index (κ1) is 13.3. The SMILES string of the molecule is COc1ccccc1CCN=Cc1cnn(C)c1C. The van der Waals surface area contributed by atoms with Crippen LogP contribution >= 0.6 is 0 Å². The highest BCUT2D eigenvalue weighted by atomic mass is 16.5. The van der Waals surface area contributed by atoms with Crippen molar-refractivity contribution >= 4 is 6.21 Å². The lowest BCUT2D eigenvalue weighted by Crippen LogP contribution is -1.96. The maximum Gasteiger partial charge on any atom is 0.122 e. The van der Waals surface area contributed by atoms with Gasteiger partial charge >= 0.3 is 0 Å². The molecule has 0 N–H and O–H groups in total. The highest BCUT2D eigenvalue weighted by Gasteiger charge is 2.01. The van der Waals surface area contributed by atoms with Gasteiger partial charge in [-0.25, -0.2) is 0 Å². The van der Waals surface area contributed by atoms with E-state index in [1.54, 1.807) is 7.11 Å². The van der Waals surface area contributed by atoms with Crippen LogP contribution in [0.25, 0.3) is 0 Å². The molecule has 1 aromatic carbocycles. The molecule has 0 bridgehead atoms. The molecule has 0 atom stereocenters. The number of benzene rings is 1. The summed E-state index contributed by atoms with van der Waals surface area (Å²) in [5, 5.41) is 4.19. The van der Waals surface area contributed by atoms with Crippen molar-refractivity contribution in [2.75, 3.05) is 13.7 Å². The normalized spacial score (nSPS) is 11.1. The van der Waals surface area contributed by atoms with E-state index in [0.717, 1.165) is 30.0 Å². The average molecular weight is 257 g/mol. The smallest absolute Gasteiger partial charge is 0.122 e. The maximum absolute atomic E-state index is 5.32. The van der Waals surface area contributed by atoms with Crippen LogP contribution in [0, 0.1) is 6.92 Å². The maximum atomic E-state index is 5.32. The molecule has 0 spiro atoms. The number of rotatable bonds is 5. The molecule has 0 fully saturated rings. The van der Waals surface area contributed by atoms with E-state index >= 15 is 0 Å². The third-order valence-corrected chi connectivity index (χ3v) is 3.21. The first-order chi connectivity index (χ1) is 9.22. The molecule has 0 aliphatic heterocycles. The Morgan fingerprint density at radius 1 is 1.37 bits per heavy atom. The minimum absolute atomic E-state index is 0.745. The quantitative estimate of drug-likeness (QED) is 0.772. The van der Waals surface area contributed by atoms with Crippen molar-refractivity contribution in [2.45, 2.75) is 13.3 Å². The van der Waals surface area contributed by atoms with Gasteiger partial charge in [0.15, 0.2) is 0 Å². The van der Waals surface area contributed by atoms with Crippen molar-refractivity contribution in [3.05, 3.63) is 47.3 Å². The van der Waals surface area contributed by atoms with Gasteiger partial charge in [0, 0.05) is 31.1 Å².